The standard InChI is InChI=1S/C33H43N3O4S.ClH/c1-3-21-34-32-24-29(33(37)40-26-27-13-7-4-8-14-27)19-22-36(32)23-20-30(28-15-9-5-10-16-28)25-35(2)41(38,39)31-17-11-6-12-18-31;/h4-18,29-30,32,34H,3,19-26H2,1-2H3;1H/t29-,30?,32+;/m0./s1. The summed E-state index contributed by atoms with van der Waals surface area (Å²) in [6.45, 7) is 5.27. The number of sulfonamides is 1. The van der Waals surface area contributed by atoms with Crippen LogP contribution in [0.4, 0.5) is 0 Å². The first-order valence-corrected chi connectivity index (χ1v) is 16.1. The van der Waals surface area contributed by atoms with Crippen LogP contribution >= 0.6 is 12.4 Å². The zero-order valence-corrected chi connectivity index (χ0v) is 26.2. The van der Waals surface area contributed by atoms with Crippen molar-refractivity contribution in [3.8, 4) is 0 Å². The molecule has 3 aromatic carbocycles. The van der Waals surface area contributed by atoms with E-state index >= 15 is 0 Å². The van der Waals surface area contributed by atoms with E-state index in [-0.39, 0.29) is 36.4 Å². The highest BCUT2D eigenvalue weighted by atomic mass is 35.5. The van der Waals surface area contributed by atoms with Gasteiger partial charge in [0.25, 0.3) is 0 Å². The van der Waals surface area contributed by atoms with Gasteiger partial charge in [-0.05, 0) is 61.4 Å². The van der Waals surface area contributed by atoms with Gasteiger partial charge >= 0.3 is 5.97 Å². The van der Waals surface area contributed by atoms with Gasteiger partial charge in [0.05, 0.1) is 17.0 Å². The Morgan fingerprint density at radius 3 is 2.26 bits per heavy atom. The molecule has 1 aliphatic heterocycles. The summed E-state index contributed by atoms with van der Waals surface area (Å²) in [5.74, 6) is -0.247. The van der Waals surface area contributed by atoms with E-state index in [1.165, 1.54) is 4.31 Å². The SMILES string of the molecule is CCCN[C@H]1C[C@@H](C(=O)OCc2ccccc2)CCN1CCC(CN(C)S(=O)(=O)c1ccccc1)c1ccccc1.Cl. The average Bonchev–Trinajstić information content (AvgIpc) is 3.02. The van der Waals surface area contributed by atoms with Crippen LogP contribution in [0, 0.1) is 5.92 Å². The third kappa shape index (κ3) is 9.38. The summed E-state index contributed by atoms with van der Waals surface area (Å²) in [7, 11) is -1.93. The van der Waals surface area contributed by atoms with Gasteiger partial charge in [-0.25, -0.2) is 12.7 Å². The number of halogens is 1. The Morgan fingerprint density at radius 2 is 1.62 bits per heavy atom. The fraction of sp³-hybridized carbons (Fsp3) is 0.424. The molecule has 0 saturated carbocycles. The van der Waals surface area contributed by atoms with Crippen LogP contribution in [0.25, 0.3) is 0 Å². The Hall–Kier alpha value is -2.75. The van der Waals surface area contributed by atoms with E-state index in [0.29, 0.717) is 24.5 Å². The number of likely N-dealkylation sites (N-methyl/N-ethyl adjacent to an activating group) is 1. The van der Waals surface area contributed by atoms with Crippen LogP contribution in [0.5, 0.6) is 0 Å². The third-order valence-corrected chi connectivity index (χ3v) is 9.70. The van der Waals surface area contributed by atoms with Gasteiger partial charge in [-0.3, -0.25) is 9.69 Å². The first-order valence-electron chi connectivity index (χ1n) is 14.6. The number of carbonyl (C=O) groups excluding carboxylic acids is 1. The smallest absolute Gasteiger partial charge is 0.309 e. The highest BCUT2D eigenvalue weighted by Crippen LogP contribution is 2.28. The lowest BCUT2D eigenvalue weighted by Gasteiger charge is -2.40. The molecule has 0 spiro atoms. The van der Waals surface area contributed by atoms with Gasteiger partial charge in [-0.15, -0.1) is 12.4 Å². The second kappa shape index (κ2) is 16.8. The molecular formula is C33H44ClN3O4S. The van der Waals surface area contributed by atoms with E-state index in [0.717, 1.165) is 50.0 Å². The summed E-state index contributed by atoms with van der Waals surface area (Å²) in [4.78, 5) is 15.7. The summed E-state index contributed by atoms with van der Waals surface area (Å²) >= 11 is 0. The van der Waals surface area contributed by atoms with E-state index in [4.69, 9.17) is 4.74 Å². The zero-order valence-electron chi connectivity index (χ0n) is 24.6. The predicted octanol–water partition coefficient (Wildman–Crippen LogP) is 5.68. The summed E-state index contributed by atoms with van der Waals surface area (Å²) in [5, 5.41) is 3.64. The molecule has 3 aromatic rings. The van der Waals surface area contributed by atoms with Crippen LogP contribution in [0.1, 0.15) is 49.7 Å². The van der Waals surface area contributed by atoms with E-state index in [2.05, 4.69) is 29.3 Å². The van der Waals surface area contributed by atoms with Crippen molar-refractivity contribution in [2.75, 3.05) is 33.2 Å². The molecule has 0 radical (unpaired) electrons. The largest absolute Gasteiger partial charge is 0.461 e. The Labute approximate surface area is 257 Å². The number of hydrogen-bond donors (Lipinski definition) is 1. The molecule has 0 bridgehead atoms. The van der Waals surface area contributed by atoms with Crippen molar-refractivity contribution in [1.29, 1.82) is 0 Å². The van der Waals surface area contributed by atoms with Crippen molar-refractivity contribution in [2.45, 2.75) is 56.2 Å². The van der Waals surface area contributed by atoms with Gasteiger partial charge in [-0.2, -0.15) is 0 Å². The fourth-order valence-corrected chi connectivity index (χ4v) is 6.69. The van der Waals surface area contributed by atoms with E-state index < -0.39 is 10.0 Å². The number of hydrogen-bond acceptors (Lipinski definition) is 6. The highest BCUT2D eigenvalue weighted by molar-refractivity contribution is 7.89. The van der Waals surface area contributed by atoms with E-state index in [9.17, 15) is 13.2 Å². The van der Waals surface area contributed by atoms with Crippen LogP contribution < -0.4 is 5.32 Å². The van der Waals surface area contributed by atoms with E-state index in [1.54, 1.807) is 31.3 Å². The second-order valence-electron chi connectivity index (χ2n) is 10.8. The topological polar surface area (TPSA) is 79.0 Å². The molecule has 0 aromatic heterocycles. The summed E-state index contributed by atoms with van der Waals surface area (Å²) in [5.41, 5.74) is 2.12. The van der Waals surface area contributed by atoms with Gasteiger partial charge < -0.3 is 10.1 Å². The number of nitrogens with one attached hydrogen (secondary N) is 1. The van der Waals surface area contributed by atoms with Gasteiger partial charge in [-0.1, -0.05) is 85.8 Å². The van der Waals surface area contributed by atoms with Gasteiger partial charge in [0.2, 0.25) is 10.0 Å². The molecule has 4 rings (SSSR count). The Kier molecular flexibility index (Phi) is 13.5. The fourth-order valence-electron chi connectivity index (χ4n) is 5.46. The van der Waals surface area contributed by atoms with Gasteiger partial charge in [0.1, 0.15) is 6.61 Å². The highest BCUT2D eigenvalue weighted by Gasteiger charge is 2.33. The number of rotatable bonds is 14. The second-order valence-corrected chi connectivity index (χ2v) is 12.9. The lowest BCUT2D eigenvalue weighted by molar-refractivity contribution is -0.152. The maximum atomic E-state index is 13.3. The molecule has 0 amide bonds. The molecule has 1 aliphatic rings. The van der Waals surface area contributed by atoms with E-state index in [1.807, 2.05) is 54.6 Å². The number of likely N-dealkylation sites (tertiary alicyclic amines) is 1. The van der Waals surface area contributed by atoms with Gasteiger partial charge in [0, 0.05) is 26.7 Å². The zero-order chi connectivity index (χ0) is 29.1. The molecule has 42 heavy (non-hydrogen) atoms. The minimum absolute atomic E-state index is 0. The Morgan fingerprint density at radius 1 is 1.00 bits per heavy atom. The minimum atomic E-state index is -3.59. The number of esters is 1. The molecule has 9 heteroatoms. The quantitative estimate of drug-likeness (QED) is 0.236. The Bertz CT molecular complexity index is 1310. The monoisotopic (exact) mass is 613 g/mol. The maximum Gasteiger partial charge on any atom is 0.309 e. The molecule has 1 fully saturated rings. The van der Waals surface area contributed by atoms with Gasteiger partial charge in [0.15, 0.2) is 0 Å². The molecular weight excluding hydrogens is 570 g/mol. The molecule has 1 heterocycles. The Balaban J connectivity index is 0.00000484. The van der Waals surface area contributed by atoms with Crippen molar-refractivity contribution in [3.05, 3.63) is 102 Å². The molecule has 7 nitrogen and oxygen atoms in total. The van der Waals surface area contributed by atoms with Crippen molar-refractivity contribution >= 4 is 28.4 Å². The summed E-state index contributed by atoms with van der Waals surface area (Å²) in [6.07, 6.45) is 3.32. The molecule has 1 saturated heterocycles. The summed E-state index contributed by atoms with van der Waals surface area (Å²) in [6, 6.07) is 28.5. The predicted molar refractivity (Wildman–Crippen MR) is 170 cm³/mol. The number of ether oxygens (including phenoxy) is 1. The van der Waals surface area contributed by atoms with Crippen LogP contribution in [-0.4, -0.2) is 63.0 Å². The van der Waals surface area contributed by atoms with Crippen LogP contribution in [0.15, 0.2) is 95.9 Å². The first-order chi connectivity index (χ1) is 19.9. The molecule has 228 valence electrons. The minimum Gasteiger partial charge on any atom is -0.461 e. The first kappa shape index (κ1) is 33.7. The number of benzene rings is 3. The number of nitrogens with zero attached hydrogens (tertiary/aromatic N) is 2. The normalized spacial score (nSPS) is 18.3. The average molecular weight is 614 g/mol. The van der Waals surface area contributed by atoms with Crippen molar-refractivity contribution < 1.29 is 17.9 Å². The molecule has 0 aliphatic carbocycles. The molecule has 1 unspecified atom stereocenters. The lowest BCUT2D eigenvalue weighted by atomic mass is 9.92. The molecule has 1 N–H and O–H groups in total. The van der Waals surface area contributed by atoms with Crippen LogP contribution in [-0.2, 0) is 26.2 Å². The maximum absolute atomic E-state index is 13.3. The number of piperidine rings is 1. The van der Waals surface area contributed by atoms with Crippen molar-refractivity contribution in [3.63, 3.8) is 0 Å². The molecule has 3 atom stereocenters. The summed E-state index contributed by atoms with van der Waals surface area (Å²) < 4.78 is 33.7. The van der Waals surface area contributed by atoms with Crippen molar-refractivity contribution in [2.24, 2.45) is 5.92 Å². The lowest BCUT2D eigenvalue weighted by Crippen LogP contribution is -2.52. The van der Waals surface area contributed by atoms with Crippen molar-refractivity contribution in [1.82, 2.24) is 14.5 Å². The number of carbonyl (C=O) groups is 1. The van der Waals surface area contributed by atoms with Crippen LogP contribution in [0.2, 0.25) is 0 Å². The third-order valence-electron chi connectivity index (χ3n) is 7.87. The van der Waals surface area contributed by atoms with Crippen LogP contribution in [0.3, 0.4) is 0 Å².